The lowest BCUT2D eigenvalue weighted by atomic mass is 10.1. The van der Waals surface area contributed by atoms with Crippen LogP contribution in [0.25, 0.3) is 0 Å². The zero-order valence-corrected chi connectivity index (χ0v) is 14.1. The molecule has 0 spiro atoms. The maximum atomic E-state index is 12.1. The van der Waals surface area contributed by atoms with E-state index in [9.17, 15) is 9.59 Å². The predicted molar refractivity (Wildman–Crippen MR) is 90.9 cm³/mol. The molecule has 6 heteroatoms. The summed E-state index contributed by atoms with van der Waals surface area (Å²) >= 11 is 0. The number of nitrogens with zero attached hydrogens (tertiary/aromatic N) is 1. The molecule has 1 heterocycles. The van der Waals surface area contributed by atoms with E-state index in [0.717, 1.165) is 24.2 Å². The molecule has 0 aromatic heterocycles. The normalized spacial score (nSPS) is 14.0. The second-order valence-corrected chi connectivity index (χ2v) is 5.43. The highest BCUT2D eigenvalue weighted by atomic mass is 35.5. The van der Waals surface area contributed by atoms with Gasteiger partial charge in [-0.1, -0.05) is 6.92 Å². The maximum absolute atomic E-state index is 12.1. The summed E-state index contributed by atoms with van der Waals surface area (Å²) in [5.74, 6) is -0.0192. The van der Waals surface area contributed by atoms with Gasteiger partial charge in [0.1, 0.15) is 0 Å². The number of anilines is 1. The van der Waals surface area contributed by atoms with Crippen LogP contribution >= 0.6 is 12.4 Å². The first-order chi connectivity index (χ1) is 10.0. The van der Waals surface area contributed by atoms with Crippen molar-refractivity contribution >= 4 is 29.9 Å². The van der Waals surface area contributed by atoms with E-state index in [1.54, 1.807) is 17.9 Å². The second kappa shape index (κ2) is 8.15. The third kappa shape index (κ3) is 4.21. The van der Waals surface area contributed by atoms with Crippen LogP contribution in [0.3, 0.4) is 0 Å². The molecule has 2 rings (SSSR count). The summed E-state index contributed by atoms with van der Waals surface area (Å²) in [6.07, 6.45) is 0.809. The van der Waals surface area contributed by atoms with E-state index < -0.39 is 0 Å². The maximum Gasteiger partial charge on any atom is 0.251 e. The van der Waals surface area contributed by atoms with E-state index in [1.807, 2.05) is 26.0 Å². The molecule has 0 fully saturated rings. The van der Waals surface area contributed by atoms with Crippen LogP contribution in [0.2, 0.25) is 0 Å². The van der Waals surface area contributed by atoms with Crippen molar-refractivity contribution in [2.45, 2.75) is 33.2 Å². The topological polar surface area (TPSA) is 61.4 Å². The molecule has 1 aliphatic rings. The molecular formula is C16H24ClN3O2. The molecule has 22 heavy (non-hydrogen) atoms. The Labute approximate surface area is 137 Å². The van der Waals surface area contributed by atoms with Gasteiger partial charge in [0.2, 0.25) is 5.91 Å². The van der Waals surface area contributed by atoms with Gasteiger partial charge in [0.15, 0.2) is 0 Å². The molecule has 1 aromatic carbocycles. The minimum atomic E-state index is -0.0659. The van der Waals surface area contributed by atoms with Crippen LogP contribution in [0.5, 0.6) is 0 Å². The number of rotatable bonds is 5. The van der Waals surface area contributed by atoms with Gasteiger partial charge in [0, 0.05) is 37.3 Å². The van der Waals surface area contributed by atoms with Crippen LogP contribution < -0.4 is 15.5 Å². The Hall–Kier alpha value is -1.59. The van der Waals surface area contributed by atoms with E-state index in [2.05, 4.69) is 10.6 Å². The van der Waals surface area contributed by atoms with E-state index in [4.69, 9.17) is 0 Å². The van der Waals surface area contributed by atoms with Gasteiger partial charge in [0.25, 0.3) is 5.91 Å². The second-order valence-electron chi connectivity index (χ2n) is 5.43. The number of nitrogens with one attached hydrogen (secondary N) is 2. The molecule has 1 atom stereocenters. The van der Waals surface area contributed by atoms with Crippen molar-refractivity contribution in [3.63, 3.8) is 0 Å². The van der Waals surface area contributed by atoms with Gasteiger partial charge < -0.3 is 15.5 Å². The Balaban J connectivity index is 0.00000242. The highest BCUT2D eigenvalue weighted by Crippen LogP contribution is 2.28. The van der Waals surface area contributed by atoms with Gasteiger partial charge in [-0.3, -0.25) is 9.59 Å². The smallest absolute Gasteiger partial charge is 0.251 e. The Morgan fingerprint density at radius 2 is 2.09 bits per heavy atom. The number of fused-ring (bicyclic) bond motifs is 1. The zero-order chi connectivity index (χ0) is 15.4. The molecule has 0 unspecified atom stereocenters. The third-order valence-electron chi connectivity index (χ3n) is 3.74. The minimum Gasteiger partial charge on any atom is -0.350 e. The Bertz CT molecular complexity index is 548. The molecule has 0 radical (unpaired) electrons. The number of carbonyl (C=O) groups excluding carboxylic acids is 2. The summed E-state index contributed by atoms with van der Waals surface area (Å²) in [5.41, 5.74) is 2.65. The van der Waals surface area contributed by atoms with E-state index in [0.29, 0.717) is 18.7 Å². The lowest BCUT2D eigenvalue weighted by molar-refractivity contribution is -0.116. The zero-order valence-electron chi connectivity index (χ0n) is 13.3. The fourth-order valence-electron chi connectivity index (χ4n) is 2.64. The SMILES string of the molecule is CCN[C@H](C)CNC(=O)c1ccc2c(c1)CCN2C(C)=O.Cl. The van der Waals surface area contributed by atoms with Crippen LogP contribution in [-0.2, 0) is 11.2 Å². The summed E-state index contributed by atoms with van der Waals surface area (Å²) < 4.78 is 0. The van der Waals surface area contributed by atoms with Gasteiger partial charge >= 0.3 is 0 Å². The largest absolute Gasteiger partial charge is 0.350 e. The molecule has 5 nitrogen and oxygen atoms in total. The summed E-state index contributed by atoms with van der Waals surface area (Å²) in [4.78, 5) is 25.4. The standard InChI is InChI=1S/C16H23N3O2.ClH/c1-4-17-11(2)10-18-16(21)14-5-6-15-13(9-14)7-8-19(15)12(3)20;/h5-6,9,11,17H,4,7-8,10H2,1-3H3,(H,18,21);1H/t11-;/m1./s1. The molecule has 122 valence electrons. The van der Waals surface area contributed by atoms with Crippen molar-refractivity contribution in [3.05, 3.63) is 29.3 Å². The average molecular weight is 326 g/mol. The van der Waals surface area contributed by atoms with E-state index >= 15 is 0 Å². The number of hydrogen-bond donors (Lipinski definition) is 2. The van der Waals surface area contributed by atoms with Gasteiger partial charge in [-0.05, 0) is 43.7 Å². The van der Waals surface area contributed by atoms with Gasteiger partial charge in [-0.15, -0.1) is 12.4 Å². The number of benzene rings is 1. The summed E-state index contributed by atoms with van der Waals surface area (Å²) in [5, 5.41) is 6.18. The van der Waals surface area contributed by atoms with E-state index in [1.165, 1.54) is 0 Å². The summed E-state index contributed by atoms with van der Waals surface area (Å²) in [6.45, 7) is 7.84. The summed E-state index contributed by atoms with van der Waals surface area (Å²) in [7, 11) is 0. The summed E-state index contributed by atoms with van der Waals surface area (Å²) in [6, 6.07) is 5.80. The lowest BCUT2D eigenvalue weighted by Crippen LogP contribution is -2.38. The van der Waals surface area contributed by atoms with Crippen molar-refractivity contribution in [2.24, 2.45) is 0 Å². The van der Waals surface area contributed by atoms with Gasteiger partial charge in [0.05, 0.1) is 0 Å². The van der Waals surface area contributed by atoms with Crippen molar-refractivity contribution in [1.29, 1.82) is 0 Å². The van der Waals surface area contributed by atoms with Gasteiger partial charge in [-0.25, -0.2) is 0 Å². The monoisotopic (exact) mass is 325 g/mol. The van der Waals surface area contributed by atoms with E-state index in [-0.39, 0.29) is 30.3 Å². The Morgan fingerprint density at radius 1 is 1.36 bits per heavy atom. The predicted octanol–water partition coefficient (Wildman–Crippen LogP) is 1.75. The quantitative estimate of drug-likeness (QED) is 0.867. The Morgan fingerprint density at radius 3 is 2.73 bits per heavy atom. The first kappa shape index (κ1) is 18.5. The highest BCUT2D eigenvalue weighted by Gasteiger charge is 2.23. The molecule has 1 aromatic rings. The third-order valence-corrected chi connectivity index (χ3v) is 3.74. The van der Waals surface area contributed by atoms with Crippen molar-refractivity contribution in [2.75, 3.05) is 24.5 Å². The van der Waals surface area contributed by atoms with Crippen molar-refractivity contribution in [3.8, 4) is 0 Å². The number of halogens is 1. The van der Waals surface area contributed by atoms with Crippen molar-refractivity contribution in [1.82, 2.24) is 10.6 Å². The number of amides is 2. The molecule has 1 aliphatic heterocycles. The molecule has 0 aliphatic carbocycles. The van der Waals surface area contributed by atoms with Crippen LogP contribution in [0, 0.1) is 0 Å². The number of hydrogen-bond acceptors (Lipinski definition) is 3. The van der Waals surface area contributed by atoms with Crippen LogP contribution in [0.15, 0.2) is 18.2 Å². The average Bonchev–Trinajstić information content (AvgIpc) is 2.88. The Kier molecular flexibility index (Phi) is 6.84. The fraction of sp³-hybridized carbons (Fsp3) is 0.500. The molecule has 2 N–H and O–H groups in total. The molecule has 0 bridgehead atoms. The first-order valence-corrected chi connectivity index (χ1v) is 7.45. The lowest BCUT2D eigenvalue weighted by Gasteiger charge is -2.15. The fourth-order valence-corrected chi connectivity index (χ4v) is 2.64. The minimum absolute atomic E-state index is 0. The molecule has 0 saturated carbocycles. The first-order valence-electron chi connectivity index (χ1n) is 7.45. The molecular weight excluding hydrogens is 302 g/mol. The molecule has 0 saturated heterocycles. The van der Waals surface area contributed by atoms with Crippen LogP contribution in [-0.4, -0.2) is 37.5 Å². The molecule has 2 amide bonds. The number of carbonyl (C=O) groups is 2. The van der Waals surface area contributed by atoms with Crippen molar-refractivity contribution < 1.29 is 9.59 Å². The van der Waals surface area contributed by atoms with Crippen LogP contribution in [0.4, 0.5) is 5.69 Å². The van der Waals surface area contributed by atoms with Crippen LogP contribution in [0.1, 0.15) is 36.7 Å². The number of likely N-dealkylation sites (N-methyl/N-ethyl adjacent to an activating group) is 1. The highest BCUT2D eigenvalue weighted by molar-refractivity contribution is 5.97. The van der Waals surface area contributed by atoms with Gasteiger partial charge in [-0.2, -0.15) is 0 Å².